The van der Waals surface area contributed by atoms with Gasteiger partial charge in [-0.2, -0.15) is 5.10 Å². The van der Waals surface area contributed by atoms with Crippen molar-refractivity contribution in [2.75, 3.05) is 26.2 Å². The number of nitrogens with zero attached hydrogens (tertiary/aromatic N) is 3. The average molecular weight is 253 g/mol. The van der Waals surface area contributed by atoms with Crippen molar-refractivity contribution in [3.8, 4) is 0 Å². The van der Waals surface area contributed by atoms with E-state index in [4.69, 9.17) is 10.6 Å². The summed E-state index contributed by atoms with van der Waals surface area (Å²) in [5.74, 6) is 5.69. The van der Waals surface area contributed by atoms with E-state index < -0.39 is 0 Å². The highest BCUT2D eigenvalue weighted by atomic mass is 16.5. The van der Waals surface area contributed by atoms with Crippen molar-refractivity contribution in [3.63, 3.8) is 0 Å². The Kier molecular flexibility index (Phi) is 4.71. The Morgan fingerprint density at radius 2 is 2.50 bits per heavy atom. The smallest absolute Gasteiger partial charge is 0.0925 e. The molecule has 1 aliphatic heterocycles. The van der Waals surface area contributed by atoms with E-state index in [1.807, 2.05) is 17.8 Å². The minimum absolute atomic E-state index is 0.0165. The molecule has 0 spiro atoms. The molecule has 2 rings (SSSR count). The van der Waals surface area contributed by atoms with Crippen molar-refractivity contribution < 1.29 is 4.74 Å². The Hall–Kier alpha value is -0.950. The van der Waals surface area contributed by atoms with Gasteiger partial charge >= 0.3 is 0 Å². The van der Waals surface area contributed by atoms with Crippen molar-refractivity contribution in [1.29, 1.82) is 0 Å². The maximum absolute atomic E-state index is 5.86. The topological polar surface area (TPSA) is 68.3 Å². The van der Waals surface area contributed by atoms with Crippen LogP contribution in [0.25, 0.3) is 0 Å². The first-order valence-electron chi connectivity index (χ1n) is 6.54. The van der Waals surface area contributed by atoms with Gasteiger partial charge in [0.15, 0.2) is 0 Å². The van der Waals surface area contributed by atoms with E-state index in [9.17, 15) is 0 Å². The molecule has 2 unspecified atom stereocenters. The Morgan fingerprint density at radius 3 is 3.11 bits per heavy atom. The molecule has 0 aromatic carbocycles. The van der Waals surface area contributed by atoms with Crippen LogP contribution in [0.1, 0.15) is 25.1 Å². The maximum atomic E-state index is 5.86. The van der Waals surface area contributed by atoms with Crippen molar-refractivity contribution in [1.82, 2.24) is 20.1 Å². The number of hydrogen-bond acceptors (Lipinski definition) is 5. The van der Waals surface area contributed by atoms with Crippen molar-refractivity contribution >= 4 is 0 Å². The molecule has 1 aromatic rings. The molecule has 6 nitrogen and oxygen atoms in total. The van der Waals surface area contributed by atoms with Gasteiger partial charge < -0.3 is 4.74 Å². The van der Waals surface area contributed by atoms with E-state index in [1.54, 1.807) is 6.20 Å². The molecule has 0 radical (unpaired) electrons. The molecule has 6 heteroatoms. The molecule has 102 valence electrons. The quantitative estimate of drug-likeness (QED) is 0.572. The van der Waals surface area contributed by atoms with Gasteiger partial charge in [0.25, 0.3) is 0 Å². The van der Waals surface area contributed by atoms with Crippen LogP contribution in [0, 0.1) is 0 Å². The van der Waals surface area contributed by atoms with Crippen LogP contribution in [0.15, 0.2) is 12.3 Å². The van der Waals surface area contributed by atoms with E-state index in [0.29, 0.717) is 0 Å². The van der Waals surface area contributed by atoms with Crippen molar-refractivity contribution in [2.24, 2.45) is 12.9 Å². The highest BCUT2D eigenvalue weighted by molar-refractivity contribution is 5.09. The summed E-state index contributed by atoms with van der Waals surface area (Å²) >= 11 is 0. The fourth-order valence-electron chi connectivity index (χ4n) is 2.52. The van der Waals surface area contributed by atoms with Gasteiger partial charge in [0.2, 0.25) is 0 Å². The largest absolute Gasteiger partial charge is 0.373 e. The number of aryl methyl sites for hydroxylation is 1. The molecular weight excluding hydrogens is 230 g/mol. The summed E-state index contributed by atoms with van der Waals surface area (Å²) in [4.78, 5) is 2.43. The van der Waals surface area contributed by atoms with E-state index in [2.05, 4.69) is 22.3 Å². The van der Waals surface area contributed by atoms with Gasteiger partial charge in [-0.15, -0.1) is 0 Å². The van der Waals surface area contributed by atoms with E-state index in [0.717, 1.165) is 31.9 Å². The predicted octanol–water partition coefficient (Wildman–Crippen LogP) is 0.0353. The molecule has 3 N–H and O–H groups in total. The van der Waals surface area contributed by atoms with Crippen LogP contribution in [-0.4, -0.2) is 47.0 Å². The monoisotopic (exact) mass is 253 g/mol. The average Bonchev–Trinajstić information content (AvgIpc) is 2.78. The molecule has 0 aliphatic carbocycles. The first kappa shape index (κ1) is 13.5. The summed E-state index contributed by atoms with van der Waals surface area (Å²) in [6.45, 7) is 5.99. The third-order valence-electron chi connectivity index (χ3n) is 3.45. The van der Waals surface area contributed by atoms with Crippen LogP contribution in [-0.2, 0) is 11.8 Å². The lowest BCUT2D eigenvalue weighted by atomic mass is 10.1. The molecular formula is C12H23N5O. The second-order valence-corrected chi connectivity index (χ2v) is 4.73. The second-order valence-electron chi connectivity index (χ2n) is 4.73. The van der Waals surface area contributed by atoms with Crippen LogP contribution < -0.4 is 11.3 Å². The summed E-state index contributed by atoms with van der Waals surface area (Å²) in [5, 5.41) is 4.19. The third-order valence-corrected chi connectivity index (χ3v) is 3.45. The highest BCUT2D eigenvalue weighted by Gasteiger charge is 2.29. The third kappa shape index (κ3) is 2.89. The molecule has 1 aliphatic rings. The highest BCUT2D eigenvalue weighted by Crippen LogP contribution is 2.21. The molecule has 1 fully saturated rings. The molecule has 2 heterocycles. The first-order valence-corrected chi connectivity index (χ1v) is 6.54. The maximum Gasteiger partial charge on any atom is 0.0925 e. The van der Waals surface area contributed by atoms with E-state index in [1.165, 1.54) is 6.42 Å². The normalized spacial score (nSPS) is 23.2. The van der Waals surface area contributed by atoms with Gasteiger partial charge in [0.05, 0.1) is 24.4 Å². The molecule has 18 heavy (non-hydrogen) atoms. The second kappa shape index (κ2) is 6.29. The molecule has 2 atom stereocenters. The lowest BCUT2D eigenvalue weighted by Gasteiger charge is -2.36. The summed E-state index contributed by atoms with van der Waals surface area (Å²) in [7, 11) is 1.92. The minimum Gasteiger partial charge on any atom is -0.373 e. The fourth-order valence-corrected chi connectivity index (χ4v) is 2.52. The summed E-state index contributed by atoms with van der Waals surface area (Å²) < 4.78 is 7.70. The van der Waals surface area contributed by atoms with Gasteiger partial charge in [0.1, 0.15) is 0 Å². The molecule has 0 amide bonds. The standard InChI is InChI=1S/C12H23N5O/c1-3-6-17-7-8-18-11(9-17)12(15-13)10-4-5-14-16(10)2/h4-5,11-12,15H,3,6-9,13H2,1-2H3. The number of rotatable bonds is 5. The van der Waals surface area contributed by atoms with Crippen LogP contribution in [0.5, 0.6) is 0 Å². The molecule has 1 saturated heterocycles. The van der Waals surface area contributed by atoms with Gasteiger partial charge in [-0.1, -0.05) is 6.92 Å². The predicted molar refractivity (Wildman–Crippen MR) is 69.7 cm³/mol. The fraction of sp³-hybridized carbons (Fsp3) is 0.750. The SMILES string of the molecule is CCCN1CCOC(C(NN)c2ccnn2C)C1. The minimum atomic E-state index is -0.0165. The molecule has 0 bridgehead atoms. The van der Waals surface area contributed by atoms with E-state index in [-0.39, 0.29) is 12.1 Å². The Balaban J connectivity index is 2.06. The van der Waals surface area contributed by atoms with Crippen LogP contribution >= 0.6 is 0 Å². The lowest BCUT2D eigenvalue weighted by molar-refractivity contribution is -0.0483. The Labute approximate surface area is 108 Å². The van der Waals surface area contributed by atoms with Gasteiger partial charge in [-0.3, -0.25) is 15.4 Å². The summed E-state index contributed by atoms with van der Waals surface area (Å²) in [6, 6.07) is 1.96. The van der Waals surface area contributed by atoms with Crippen LogP contribution in [0.2, 0.25) is 0 Å². The number of morpholine rings is 1. The van der Waals surface area contributed by atoms with Crippen molar-refractivity contribution in [3.05, 3.63) is 18.0 Å². The number of hydrogen-bond donors (Lipinski definition) is 2. The zero-order chi connectivity index (χ0) is 13.0. The van der Waals surface area contributed by atoms with Crippen LogP contribution in [0.3, 0.4) is 0 Å². The zero-order valence-electron chi connectivity index (χ0n) is 11.2. The number of ether oxygens (including phenoxy) is 1. The molecule has 0 saturated carbocycles. The summed E-state index contributed by atoms with van der Waals surface area (Å²) in [6.07, 6.45) is 3.02. The van der Waals surface area contributed by atoms with Gasteiger partial charge in [0, 0.05) is 26.3 Å². The molecule has 1 aromatic heterocycles. The number of aromatic nitrogens is 2. The van der Waals surface area contributed by atoms with Gasteiger partial charge in [-0.25, -0.2) is 5.43 Å². The van der Waals surface area contributed by atoms with Gasteiger partial charge in [-0.05, 0) is 19.0 Å². The Morgan fingerprint density at radius 1 is 1.67 bits per heavy atom. The lowest BCUT2D eigenvalue weighted by Crippen LogP contribution is -2.50. The van der Waals surface area contributed by atoms with E-state index >= 15 is 0 Å². The van der Waals surface area contributed by atoms with Crippen LogP contribution in [0.4, 0.5) is 0 Å². The number of nitrogens with one attached hydrogen (secondary N) is 1. The number of hydrazine groups is 1. The summed E-state index contributed by atoms with van der Waals surface area (Å²) in [5.41, 5.74) is 3.92. The Bertz CT molecular complexity index is 365. The number of nitrogens with two attached hydrogens (primary N) is 1. The van der Waals surface area contributed by atoms with Crippen molar-refractivity contribution in [2.45, 2.75) is 25.5 Å². The first-order chi connectivity index (χ1) is 8.76. The zero-order valence-corrected chi connectivity index (χ0v) is 11.2.